The molecule has 0 spiro atoms. The van der Waals surface area contributed by atoms with E-state index in [9.17, 15) is 26.4 Å². The van der Waals surface area contributed by atoms with Crippen molar-refractivity contribution >= 4 is 15.9 Å². The van der Waals surface area contributed by atoms with Gasteiger partial charge in [-0.2, -0.15) is 21.6 Å². The van der Waals surface area contributed by atoms with Crippen molar-refractivity contribution in [2.75, 3.05) is 7.11 Å². The van der Waals surface area contributed by atoms with Crippen LogP contribution in [-0.4, -0.2) is 32.5 Å². The third-order valence-electron chi connectivity index (χ3n) is 4.19. The molecule has 1 fully saturated rings. The van der Waals surface area contributed by atoms with Gasteiger partial charge in [0.1, 0.15) is 0 Å². The van der Waals surface area contributed by atoms with Crippen molar-refractivity contribution < 1.29 is 31.1 Å². The smallest absolute Gasteiger partial charge is 0.381 e. The maximum Gasteiger partial charge on any atom is 0.417 e. The molecule has 2 rings (SSSR count). The fourth-order valence-corrected chi connectivity index (χ4v) is 3.71. The Morgan fingerprint density at radius 3 is 2.40 bits per heavy atom. The molecule has 1 aromatic heterocycles. The Morgan fingerprint density at radius 1 is 1.28 bits per heavy atom. The van der Waals surface area contributed by atoms with Crippen LogP contribution in [0.1, 0.15) is 37.7 Å². The van der Waals surface area contributed by atoms with Crippen LogP contribution >= 0.6 is 0 Å². The van der Waals surface area contributed by atoms with Gasteiger partial charge in [0.15, 0.2) is 5.03 Å². The normalized spacial score (nSPS) is 21.8. The van der Waals surface area contributed by atoms with E-state index in [-0.39, 0.29) is 18.4 Å². The second-order valence-electron chi connectivity index (χ2n) is 5.99. The number of alkyl halides is 3. The predicted molar refractivity (Wildman–Crippen MR) is 81.9 cm³/mol. The van der Waals surface area contributed by atoms with Gasteiger partial charge < -0.3 is 4.74 Å². The van der Waals surface area contributed by atoms with E-state index in [1.165, 1.54) is 0 Å². The molecule has 0 unspecified atom stereocenters. The van der Waals surface area contributed by atoms with E-state index in [4.69, 9.17) is 4.74 Å². The quantitative estimate of drug-likeness (QED) is 0.848. The highest BCUT2D eigenvalue weighted by molar-refractivity contribution is 7.90. The molecule has 0 aliphatic heterocycles. The first kappa shape index (κ1) is 19.6. The summed E-state index contributed by atoms with van der Waals surface area (Å²) in [5, 5.41) is -0.628. The molecule has 10 heteroatoms. The van der Waals surface area contributed by atoms with E-state index in [0.717, 1.165) is 31.7 Å². The molecule has 0 atom stereocenters. The molecule has 0 bridgehead atoms. The number of aromatic nitrogens is 1. The van der Waals surface area contributed by atoms with E-state index in [1.54, 1.807) is 7.11 Å². The van der Waals surface area contributed by atoms with Crippen LogP contribution in [0.2, 0.25) is 0 Å². The predicted octanol–water partition coefficient (Wildman–Crippen LogP) is 2.50. The molecule has 0 aromatic carbocycles. The topological polar surface area (TPSA) is 85.4 Å². The number of carbonyl (C=O) groups excluding carboxylic acids is 1. The molecule has 1 N–H and O–H groups in total. The lowest BCUT2D eigenvalue weighted by molar-refractivity contribution is -0.137. The number of pyridine rings is 1. The lowest BCUT2D eigenvalue weighted by Gasteiger charge is -2.27. The maximum atomic E-state index is 12.5. The van der Waals surface area contributed by atoms with Gasteiger partial charge in [-0.05, 0) is 43.7 Å². The molecule has 6 nitrogen and oxygen atoms in total. The van der Waals surface area contributed by atoms with Gasteiger partial charge in [0, 0.05) is 19.7 Å². The van der Waals surface area contributed by atoms with Crippen LogP contribution < -0.4 is 4.72 Å². The number of ether oxygens (including phenoxy) is 1. The SMILES string of the molecule is COC1CCC(CC(=O)NS(=O)(=O)c2ccc(C(F)(F)F)cn2)CC1. The number of carbonyl (C=O) groups is 1. The van der Waals surface area contributed by atoms with Crippen LogP contribution in [0.4, 0.5) is 13.2 Å². The summed E-state index contributed by atoms with van der Waals surface area (Å²) in [5.41, 5.74) is -1.06. The molecule has 1 aliphatic rings. The number of sulfonamides is 1. The largest absolute Gasteiger partial charge is 0.417 e. The second-order valence-corrected chi connectivity index (χ2v) is 7.62. The highest BCUT2D eigenvalue weighted by Gasteiger charge is 2.32. The monoisotopic (exact) mass is 380 g/mol. The van der Waals surface area contributed by atoms with Gasteiger partial charge in [-0.3, -0.25) is 4.79 Å². The average molecular weight is 380 g/mol. The van der Waals surface area contributed by atoms with E-state index >= 15 is 0 Å². The number of rotatable bonds is 5. The first-order valence-electron chi connectivity index (χ1n) is 7.73. The highest BCUT2D eigenvalue weighted by Crippen LogP contribution is 2.29. The van der Waals surface area contributed by atoms with Crippen molar-refractivity contribution in [2.45, 2.75) is 49.4 Å². The van der Waals surface area contributed by atoms with Crippen molar-refractivity contribution in [1.82, 2.24) is 9.71 Å². The fourth-order valence-electron chi connectivity index (χ4n) is 2.78. The minimum absolute atomic E-state index is 0.0380. The summed E-state index contributed by atoms with van der Waals surface area (Å²) in [6.07, 6.45) is -0.862. The zero-order valence-corrected chi connectivity index (χ0v) is 14.4. The van der Waals surface area contributed by atoms with Crippen molar-refractivity contribution in [3.05, 3.63) is 23.9 Å². The lowest BCUT2D eigenvalue weighted by atomic mass is 9.85. The number of nitrogens with one attached hydrogen (secondary N) is 1. The Kier molecular flexibility index (Phi) is 6.04. The van der Waals surface area contributed by atoms with Crippen molar-refractivity contribution in [2.24, 2.45) is 5.92 Å². The van der Waals surface area contributed by atoms with Gasteiger partial charge in [-0.15, -0.1) is 0 Å². The number of hydrogen-bond donors (Lipinski definition) is 1. The van der Waals surface area contributed by atoms with Gasteiger partial charge in [0.05, 0.1) is 11.7 Å². The van der Waals surface area contributed by atoms with Gasteiger partial charge in [0.2, 0.25) is 5.91 Å². The molecule has 1 heterocycles. The van der Waals surface area contributed by atoms with Gasteiger partial charge in [-0.1, -0.05) is 0 Å². The summed E-state index contributed by atoms with van der Waals surface area (Å²) in [6, 6.07) is 1.33. The molecule has 140 valence electrons. The average Bonchev–Trinajstić information content (AvgIpc) is 2.54. The van der Waals surface area contributed by atoms with E-state index < -0.39 is 32.7 Å². The van der Waals surface area contributed by atoms with E-state index in [0.29, 0.717) is 12.3 Å². The summed E-state index contributed by atoms with van der Waals surface area (Å²) in [6.45, 7) is 0. The Balaban J connectivity index is 1.95. The van der Waals surface area contributed by atoms with Crippen LogP contribution in [-0.2, 0) is 25.7 Å². The van der Waals surface area contributed by atoms with Crippen LogP contribution in [0.25, 0.3) is 0 Å². The zero-order chi connectivity index (χ0) is 18.7. The molecule has 0 radical (unpaired) electrons. The third kappa shape index (κ3) is 5.40. The molecule has 0 saturated heterocycles. The van der Waals surface area contributed by atoms with Crippen molar-refractivity contribution in [1.29, 1.82) is 0 Å². The lowest BCUT2D eigenvalue weighted by Crippen LogP contribution is -2.33. The fraction of sp³-hybridized carbons (Fsp3) is 0.600. The molecular weight excluding hydrogens is 361 g/mol. The third-order valence-corrected chi connectivity index (χ3v) is 5.48. The Bertz CT molecular complexity index is 696. The van der Waals surface area contributed by atoms with Gasteiger partial charge >= 0.3 is 6.18 Å². The number of hydrogen-bond acceptors (Lipinski definition) is 5. The van der Waals surface area contributed by atoms with Crippen molar-refractivity contribution in [3.63, 3.8) is 0 Å². The number of halogens is 3. The summed E-state index contributed by atoms with van der Waals surface area (Å²) in [5.74, 6) is -0.635. The standard InChI is InChI=1S/C15H19F3N2O4S/c1-24-12-5-2-10(3-6-12)8-13(21)20-25(22,23)14-7-4-11(9-19-14)15(16,17)18/h4,7,9-10,12H,2-3,5-6,8H2,1H3,(H,20,21). The van der Waals surface area contributed by atoms with Crippen molar-refractivity contribution in [3.8, 4) is 0 Å². The van der Waals surface area contributed by atoms with Crippen LogP contribution in [0, 0.1) is 5.92 Å². The second kappa shape index (κ2) is 7.69. The maximum absolute atomic E-state index is 12.5. The molecule has 1 aliphatic carbocycles. The number of nitrogens with zero attached hydrogens (tertiary/aromatic N) is 1. The number of amides is 1. The number of methoxy groups -OCH3 is 1. The Labute approximate surface area is 143 Å². The summed E-state index contributed by atoms with van der Waals surface area (Å²) in [4.78, 5) is 15.2. The highest BCUT2D eigenvalue weighted by atomic mass is 32.2. The van der Waals surface area contributed by atoms with Crippen LogP contribution in [0.3, 0.4) is 0 Å². The molecule has 25 heavy (non-hydrogen) atoms. The minimum atomic E-state index is -4.61. The summed E-state index contributed by atoms with van der Waals surface area (Å²) in [7, 11) is -2.66. The van der Waals surface area contributed by atoms with Crippen LogP contribution in [0.5, 0.6) is 0 Å². The van der Waals surface area contributed by atoms with E-state index in [2.05, 4.69) is 4.98 Å². The zero-order valence-electron chi connectivity index (χ0n) is 13.5. The summed E-state index contributed by atoms with van der Waals surface area (Å²) >= 11 is 0. The molecule has 1 saturated carbocycles. The van der Waals surface area contributed by atoms with Crippen LogP contribution in [0.15, 0.2) is 23.4 Å². The molecular formula is C15H19F3N2O4S. The summed E-state index contributed by atoms with van der Waals surface area (Å²) < 4.78 is 68.6. The van der Waals surface area contributed by atoms with Gasteiger partial charge in [-0.25, -0.2) is 9.71 Å². The Morgan fingerprint density at radius 2 is 1.92 bits per heavy atom. The molecule has 1 aromatic rings. The first-order valence-corrected chi connectivity index (χ1v) is 9.22. The first-order chi connectivity index (χ1) is 11.6. The Hall–Kier alpha value is -1.68. The van der Waals surface area contributed by atoms with E-state index in [1.807, 2.05) is 4.72 Å². The minimum Gasteiger partial charge on any atom is -0.381 e. The molecule has 1 amide bonds. The van der Waals surface area contributed by atoms with Gasteiger partial charge in [0.25, 0.3) is 10.0 Å².